The Balaban J connectivity index is 1.51. The third kappa shape index (κ3) is 5.44. The first-order valence-corrected chi connectivity index (χ1v) is 9.41. The summed E-state index contributed by atoms with van der Waals surface area (Å²) in [6, 6.07) is 17.6. The second-order valence-electron chi connectivity index (χ2n) is 6.80. The van der Waals surface area contributed by atoms with Crippen molar-refractivity contribution in [1.82, 2.24) is 25.3 Å². The van der Waals surface area contributed by atoms with Crippen molar-refractivity contribution in [3.8, 4) is 5.69 Å². The van der Waals surface area contributed by atoms with Gasteiger partial charge in [0.05, 0.1) is 11.9 Å². The quantitative estimate of drug-likeness (QED) is 0.501. The topological polar surface area (TPSA) is 74.6 Å². The highest BCUT2D eigenvalue weighted by molar-refractivity contribution is 5.93. The van der Waals surface area contributed by atoms with Crippen LogP contribution in [0.1, 0.15) is 21.5 Å². The van der Waals surface area contributed by atoms with Crippen LogP contribution in [0.3, 0.4) is 0 Å². The van der Waals surface area contributed by atoms with Gasteiger partial charge in [0.1, 0.15) is 0 Å². The van der Waals surface area contributed by atoms with Crippen LogP contribution in [-0.4, -0.2) is 47.7 Å². The van der Waals surface area contributed by atoms with Crippen molar-refractivity contribution in [3.05, 3.63) is 83.7 Å². The lowest BCUT2D eigenvalue weighted by molar-refractivity contribution is 0.0827. The summed E-state index contributed by atoms with van der Waals surface area (Å²) in [5, 5.41) is 11.0. The molecule has 150 valence electrons. The van der Waals surface area contributed by atoms with Crippen LogP contribution in [0.5, 0.6) is 0 Å². The van der Waals surface area contributed by atoms with E-state index in [1.165, 1.54) is 0 Å². The zero-order valence-electron chi connectivity index (χ0n) is 17.0. The molecule has 0 unspecified atom stereocenters. The van der Waals surface area contributed by atoms with E-state index in [4.69, 9.17) is 0 Å². The molecule has 1 heterocycles. The summed E-state index contributed by atoms with van der Waals surface area (Å²) in [7, 11) is 5.23. The SMILES string of the molecule is CN=C(NCc1ccc(C(=O)N(C)C)cc1)NCc1cnn(-c2ccccc2)c1. The minimum atomic E-state index is -0.00182. The standard InChI is InChI=1S/C22H26N6O/c1-23-22(24-13-17-9-11-19(12-10-17)21(29)27(2)3)25-14-18-15-26-28(16-18)20-7-5-4-6-8-20/h4-12,15-16H,13-14H2,1-3H3,(H2,23,24,25). The molecule has 1 amide bonds. The number of aliphatic imine (C=N–C) groups is 1. The Bertz CT molecular complexity index is 960. The van der Waals surface area contributed by atoms with E-state index >= 15 is 0 Å². The van der Waals surface area contributed by atoms with E-state index in [-0.39, 0.29) is 5.91 Å². The molecule has 0 bridgehead atoms. The highest BCUT2D eigenvalue weighted by atomic mass is 16.2. The molecule has 2 aromatic carbocycles. The number of rotatable bonds is 6. The largest absolute Gasteiger partial charge is 0.352 e. The third-order valence-corrected chi connectivity index (χ3v) is 4.41. The fourth-order valence-electron chi connectivity index (χ4n) is 2.79. The van der Waals surface area contributed by atoms with E-state index in [1.54, 1.807) is 26.0 Å². The molecule has 0 aliphatic carbocycles. The lowest BCUT2D eigenvalue weighted by atomic mass is 10.1. The number of hydrogen-bond donors (Lipinski definition) is 2. The average molecular weight is 390 g/mol. The normalized spacial score (nSPS) is 11.2. The molecule has 7 heteroatoms. The van der Waals surface area contributed by atoms with Gasteiger partial charge in [0, 0.05) is 51.6 Å². The summed E-state index contributed by atoms with van der Waals surface area (Å²) in [4.78, 5) is 17.8. The maximum Gasteiger partial charge on any atom is 0.253 e. The number of nitrogens with one attached hydrogen (secondary N) is 2. The minimum Gasteiger partial charge on any atom is -0.352 e. The van der Waals surface area contributed by atoms with Gasteiger partial charge in [-0.15, -0.1) is 0 Å². The van der Waals surface area contributed by atoms with E-state index in [0.29, 0.717) is 24.6 Å². The van der Waals surface area contributed by atoms with Gasteiger partial charge in [-0.1, -0.05) is 30.3 Å². The van der Waals surface area contributed by atoms with Gasteiger partial charge in [-0.05, 0) is 29.8 Å². The van der Waals surface area contributed by atoms with Crippen LogP contribution < -0.4 is 10.6 Å². The molecule has 0 atom stereocenters. The van der Waals surface area contributed by atoms with Crippen LogP contribution in [0, 0.1) is 0 Å². The van der Waals surface area contributed by atoms with Crippen LogP contribution in [0.2, 0.25) is 0 Å². The first-order chi connectivity index (χ1) is 14.1. The molecule has 3 rings (SSSR count). The lowest BCUT2D eigenvalue weighted by Gasteiger charge is -2.12. The number of carbonyl (C=O) groups is 1. The van der Waals surface area contributed by atoms with E-state index in [2.05, 4.69) is 20.7 Å². The van der Waals surface area contributed by atoms with Gasteiger partial charge in [0.2, 0.25) is 0 Å². The Morgan fingerprint density at radius 2 is 1.66 bits per heavy atom. The van der Waals surface area contributed by atoms with Crippen molar-refractivity contribution >= 4 is 11.9 Å². The summed E-state index contributed by atoms with van der Waals surface area (Å²) >= 11 is 0. The molecule has 0 saturated heterocycles. The number of benzene rings is 2. The van der Waals surface area contributed by atoms with Crippen LogP contribution in [0.4, 0.5) is 0 Å². The second kappa shape index (κ2) is 9.54. The number of aromatic nitrogens is 2. The molecule has 0 spiro atoms. The summed E-state index contributed by atoms with van der Waals surface area (Å²) in [6.07, 6.45) is 3.84. The Morgan fingerprint density at radius 3 is 2.28 bits per heavy atom. The zero-order chi connectivity index (χ0) is 20.6. The van der Waals surface area contributed by atoms with Crippen LogP contribution in [0.25, 0.3) is 5.69 Å². The Labute approximate surface area is 171 Å². The fraction of sp³-hybridized carbons (Fsp3) is 0.227. The first-order valence-electron chi connectivity index (χ1n) is 9.41. The molecule has 1 aromatic heterocycles. The smallest absolute Gasteiger partial charge is 0.253 e. The minimum absolute atomic E-state index is 0.00182. The zero-order valence-corrected chi connectivity index (χ0v) is 17.0. The van der Waals surface area contributed by atoms with Crippen molar-refractivity contribution in [2.45, 2.75) is 13.1 Å². The molecule has 0 saturated carbocycles. The molecular formula is C22H26N6O. The monoisotopic (exact) mass is 390 g/mol. The molecule has 29 heavy (non-hydrogen) atoms. The number of nitrogens with zero attached hydrogens (tertiary/aromatic N) is 4. The average Bonchev–Trinajstić information content (AvgIpc) is 3.23. The van der Waals surface area contributed by atoms with Crippen LogP contribution >= 0.6 is 0 Å². The Kier molecular flexibility index (Phi) is 6.63. The second-order valence-corrected chi connectivity index (χ2v) is 6.80. The van der Waals surface area contributed by atoms with Crippen LogP contribution in [0.15, 0.2) is 72.0 Å². The summed E-state index contributed by atoms with van der Waals surface area (Å²) in [6.45, 7) is 1.22. The number of guanidine groups is 1. The van der Waals surface area contributed by atoms with Crippen molar-refractivity contribution in [2.24, 2.45) is 4.99 Å². The van der Waals surface area contributed by atoms with Gasteiger partial charge in [0.25, 0.3) is 5.91 Å². The van der Waals surface area contributed by atoms with E-state index in [0.717, 1.165) is 16.8 Å². The number of carbonyl (C=O) groups excluding carboxylic acids is 1. The highest BCUT2D eigenvalue weighted by Crippen LogP contribution is 2.08. The van der Waals surface area contributed by atoms with E-state index in [9.17, 15) is 4.79 Å². The summed E-state index contributed by atoms with van der Waals surface area (Å²) in [5.41, 5.74) is 3.83. The Morgan fingerprint density at radius 1 is 1.00 bits per heavy atom. The molecule has 0 radical (unpaired) electrons. The first kappa shape index (κ1) is 20.1. The van der Waals surface area contributed by atoms with Gasteiger partial charge in [-0.3, -0.25) is 9.79 Å². The molecule has 3 aromatic rings. The maximum absolute atomic E-state index is 12.0. The predicted molar refractivity (Wildman–Crippen MR) is 115 cm³/mol. The van der Waals surface area contributed by atoms with Gasteiger partial charge >= 0.3 is 0 Å². The molecule has 7 nitrogen and oxygen atoms in total. The number of hydrogen-bond acceptors (Lipinski definition) is 3. The summed E-state index contributed by atoms with van der Waals surface area (Å²) in [5.74, 6) is 0.698. The van der Waals surface area contributed by atoms with Crippen molar-refractivity contribution in [3.63, 3.8) is 0 Å². The van der Waals surface area contributed by atoms with Gasteiger partial charge in [-0.2, -0.15) is 5.10 Å². The molecule has 0 aliphatic heterocycles. The van der Waals surface area contributed by atoms with Gasteiger partial charge < -0.3 is 15.5 Å². The fourth-order valence-corrected chi connectivity index (χ4v) is 2.79. The maximum atomic E-state index is 12.0. The molecule has 0 fully saturated rings. The van der Waals surface area contributed by atoms with Gasteiger partial charge in [-0.25, -0.2) is 4.68 Å². The number of para-hydroxylation sites is 1. The van der Waals surface area contributed by atoms with E-state index in [1.807, 2.05) is 71.7 Å². The summed E-state index contributed by atoms with van der Waals surface area (Å²) < 4.78 is 1.85. The van der Waals surface area contributed by atoms with Crippen LogP contribution in [-0.2, 0) is 13.1 Å². The van der Waals surface area contributed by atoms with Crippen molar-refractivity contribution in [2.75, 3.05) is 21.1 Å². The lowest BCUT2D eigenvalue weighted by Crippen LogP contribution is -2.36. The van der Waals surface area contributed by atoms with Crippen molar-refractivity contribution in [1.29, 1.82) is 0 Å². The van der Waals surface area contributed by atoms with Crippen molar-refractivity contribution < 1.29 is 4.79 Å². The number of amides is 1. The molecule has 2 N–H and O–H groups in total. The Hall–Kier alpha value is -3.61. The highest BCUT2D eigenvalue weighted by Gasteiger charge is 2.07. The molecule has 0 aliphatic rings. The predicted octanol–water partition coefficient (Wildman–Crippen LogP) is 2.44. The van der Waals surface area contributed by atoms with E-state index < -0.39 is 0 Å². The third-order valence-electron chi connectivity index (χ3n) is 4.41. The van der Waals surface area contributed by atoms with Gasteiger partial charge in [0.15, 0.2) is 5.96 Å². The molecular weight excluding hydrogens is 364 g/mol.